The van der Waals surface area contributed by atoms with E-state index in [1.54, 1.807) is 13.1 Å². The standard InChI is InChI=1S/C20H26N2O2S/c1-15(13-20(2,3)16-9-6-5-7-10-16)21-18(23)14-22(4)19(24)17-11-8-12-25-17/h5-12,15H,13-14H2,1-4H3,(H,21,23). The fourth-order valence-corrected chi connectivity index (χ4v) is 3.74. The second-order valence-electron chi connectivity index (χ2n) is 7.06. The number of hydrogen-bond donors (Lipinski definition) is 1. The third-order valence-electron chi connectivity index (χ3n) is 4.24. The van der Waals surface area contributed by atoms with Gasteiger partial charge in [0.25, 0.3) is 5.91 Å². The molecule has 1 atom stereocenters. The first kappa shape index (κ1) is 19.2. The van der Waals surface area contributed by atoms with E-state index >= 15 is 0 Å². The van der Waals surface area contributed by atoms with Crippen molar-refractivity contribution in [2.75, 3.05) is 13.6 Å². The summed E-state index contributed by atoms with van der Waals surface area (Å²) in [6.07, 6.45) is 0.825. The minimum Gasteiger partial charge on any atom is -0.352 e. The Bertz CT molecular complexity index is 696. The molecule has 1 N–H and O–H groups in total. The van der Waals surface area contributed by atoms with E-state index in [9.17, 15) is 9.59 Å². The average molecular weight is 359 g/mol. The minimum atomic E-state index is -0.135. The Balaban J connectivity index is 1.86. The third kappa shape index (κ3) is 5.43. The van der Waals surface area contributed by atoms with E-state index in [1.807, 2.05) is 36.6 Å². The summed E-state index contributed by atoms with van der Waals surface area (Å²) in [5, 5.41) is 4.86. The molecule has 2 aromatic rings. The van der Waals surface area contributed by atoms with Crippen molar-refractivity contribution >= 4 is 23.2 Å². The van der Waals surface area contributed by atoms with Crippen LogP contribution in [-0.2, 0) is 10.2 Å². The number of thiophene rings is 1. The van der Waals surface area contributed by atoms with Crippen LogP contribution in [0.15, 0.2) is 47.8 Å². The van der Waals surface area contributed by atoms with Crippen molar-refractivity contribution < 1.29 is 9.59 Å². The lowest BCUT2D eigenvalue weighted by molar-refractivity contribution is -0.122. The molecular weight excluding hydrogens is 332 g/mol. The van der Waals surface area contributed by atoms with Gasteiger partial charge in [-0.05, 0) is 35.8 Å². The second kappa shape index (κ2) is 8.30. The molecule has 134 valence electrons. The van der Waals surface area contributed by atoms with Crippen LogP contribution in [0.3, 0.4) is 0 Å². The number of hydrogen-bond acceptors (Lipinski definition) is 3. The Morgan fingerprint density at radius 2 is 1.84 bits per heavy atom. The number of nitrogens with one attached hydrogen (secondary N) is 1. The molecule has 0 spiro atoms. The molecule has 0 saturated heterocycles. The smallest absolute Gasteiger partial charge is 0.264 e. The lowest BCUT2D eigenvalue weighted by atomic mass is 9.79. The second-order valence-corrected chi connectivity index (χ2v) is 8.01. The largest absolute Gasteiger partial charge is 0.352 e. The highest BCUT2D eigenvalue weighted by atomic mass is 32.1. The SMILES string of the molecule is CC(CC(C)(C)c1ccccc1)NC(=O)CN(C)C(=O)c1cccs1. The average Bonchev–Trinajstić information content (AvgIpc) is 3.08. The van der Waals surface area contributed by atoms with E-state index in [-0.39, 0.29) is 29.8 Å². The number of rotatable bonds is 7. The van der Waals surface area contributed by atoms with Gasteiger partial charge < -0.3 is 10.2 Å². The van der Waals surface area contributed by atoms with Crippen molar-refractivity contribution in [2.45, 2.75) is 38.6 Å². The Kier molecular flexibility index (Phi) is 6.37. The molecule has 0 bridgehead atoms. The molecule has 5 heteroatoms. The topological polar surface area (TPSA) is 49.4 Å². The number of nitrogens with zero attached hydrogens (tertiary/aromatic N) is 1. The van der Waals surface area contributed by atoms with Crippen LogP contribution in [0.5, 0.6) is 0 Å². The van der Waals surface area contributed by atoms with Gasteiger partial charge in [0.1, 0.15) is 0 Å². The predicted molar refractivity (Wildman–Crippen MR) is 103 cm³/mol. The van der Waals surface area contributed by atoms with Gasteiger partial charge in [-0.1, -0.05) is 50.2 Å². The van der Waals surface area contributed by atoms with E-state index < -0.39 is 0 Å². The zero-order chi connectivity index (χ0) is 18.4. The zero-order valence-electron chi connectivity index (χ0n) is 15.3. The van der Waals surface area contributed by atoms with Crippen molar-refractivity contribution in [3.63, 3.8) is 0 Å². The summed E-state index contributed by atoms with van der Waals surface area (Å²) in [6, 6.07) is 13.9. The molecule has 25 heavy (non-hydrogen) atoms. The number of likely N-dealkylation sites (N-methyl/N-ethyl adjacent to an activating group) is 1. The normalized spacial score (nSPS) is 12.5. The molecular formula is C20H26N2O2S. The zero-order valence-corrected chi connectivity index (χ0v) is 16.1. The molecule has 0 aliphatic heterocycles. The first-order valence-corrected chi connectivity index (χ1v) is 9.31. The van der Waals surface area contributed by atoms with E-state index in [0.29, 0.717) is 4.88 Å². The monoisotopic (exact) mass is 358 g/mol. The van der Waals surface area contributed by atoms with Gasteiger partial charge in [0.05, 0.1) is 11.4 Å². The predicted octanol–water partition coefficient (Wildman–Crippen LogP) is 3.69. The Morgan fingerprint density at radius 1 is 1.16 bits per heavy atom. The van der Waals surface area contributed by atoms with Gasteiger partial charge in [0, 0.05) is 13.1 Å². The van der Waals surface area contributed by atoms with Crippen LogP contribution >= 0.6 is 11.3 Å². The van der Waals surface area contributed by atoms with E-state index in [4.69, 9.17) is 0 Å². The van der Waals surface area contributed by atoms with Crippen LogP contribution in [0, 0.1) is 0 Å². The Morgan fingerprint density at radius 3 is 2.44 bits per heavy atom. The first-order chi connectivity index (χ1) is 11.8. The molecule has 0 radical (unpaired) electrons. The molecule has 2 rings (SSSR count). The van der Waals surface area contributed by atoms with Crippen molar-refractivity contribution in [1.82, 2.24) is 10.2 Å². The van der Waals surface area contributed by atoms with Crippen molar-refractivity contribution in [3.8, 4) is 0 Å². The van der Waals surface area contributed by atoms with Gasteiger partial charge in [0.2, 0.25) is 5.91 Å². The number of carbonyl (C=O) groups excluding carboxylic acids is 2. The molecule has 1 heterocycles. The van der Waals surface area contributed by atoms with Crippen LogP contribution < -0.4 is 5.32 Å². The van der Waals surface area contributed by atoms with Gasteiger partial charge in [-0.3, -0.25) is 9.59 Å². The Hall–Kier alpha value is -2.14. The molecule has 1 unspecified atom stereocenters. The first-order valence-electron chi connectivity index (χ1n) is 8.43. The molecule has 0 fully saturated rings. The highest BCUT2D eigenvalue weighted by Crippen LogP contribution is 2.28. The molecule has 0 aliphatic carbocycles. The van der Waals surface area contributed by atoms with Crippen molar-refractivity contribution in [1.29, 1.82) is 0 Å². The maximum Gasteiger partial charge on any atom is 0.264 e. The maximum absolute atomic E-state index is 12.3. The molecule has 0 saturated carbocycles. The highest BCUT2D eigenvalue weighted by Gasteiger charge is 2.24. The summed E-state index contributed by atoms with van der Waals surface area (Å²) < 4.78 is 0. The summed E-state index contributed by atoms with van der Waals surface area (Å²) in [5.74, 6) is -0.258. The molecule has 4 nitrogen and oxygen atoms in total. The fourth-order valence-electron chi connectivity index (χ4n) is 3.02. The van der Waals surface area contributed by atoms with E-state index in [0.717, 1.165) is 6.42 Å². The third-order valence-corrected chi connectivity index (χ3v) is 5.10. The van der Waals surface area contributed by atoms with Crippen LogP contribution in [0.2, 0.25) is 0 Å². The quantitative estimate of drug-likeness (QED) is 0.820. The number of carbonyl (C=O) groups is 2. The van der Waals surface area contributed by atoms with Gasteiger partial charge in [-0.2, -0.15) is 0 Å². The molecule has 0 aliphatic rings. The van der Waals surface area contributed by atoms with Crippen LogP contribution in [0.1, 0.15) is 42.4 Å². The molecule has 1 aromatic heterocycles. The summed E-state index contributed by atoms with van der Waals surface area (Å²) >= 11 is 1.38. The van der Waals surface area contributed by atoms with Crippen molar-refractivity contribution in [2.24, 2.45) is 0 Å². The number of benzene rings is 1. The van der Waals surface area contributed by atoms with Crippen LogP contribution in [0.4, 0.5) is 0 Å². The van der Waals surface area contributed by atoms with E-state index in [1.165, 1.54) is 21.8 Å². The van der Waals surface area contributed by atoms with E-state index in [2.05, 4.69) is 31.3 Å². The lowest BCUT2D eigenvalue weighted by Gasteiger charge is -2.29. The lowest BCUT2D eigenvalue weighted by Crippen LogP contribution is -2.43. The van der Waals surface area contributed by atoms with Gasteiger partial charge in [0.15, 0.2) is 0 Å². The molecule has 2 amide bonds. The van der Waals surface area contributed by atoms with Crippen LogP contribution in [0.25, 0.3) is 0 Å². The van der Waals surface area contributed by atoms with Crippen molar-refractivity contribution in [3.05, 3.63) is 58.3 Å². The number of amides is 2. The summed E-state index contributed by atoms with van der Waals surface area (Å²) in [4.78, 5) is 26.6. The fraction of sp³-hybridized carbons (Fsp3) is 0.400. The van der Waals surface area contributed by atoms with Crippen LogP contribution in [-0.4, -0.2) is 36.3 Å². The molecule has 1 aromatic carbocycles. The van der Waals surface area contributed by atoms with Gasteiger partial charge in [-0.15, -0.1) is 11.3 Å². The van der Waals surface area contributed by atoms with Gasteiger partial charge >= 0.3 is 0 Å². The minimum absolute atomic E-state index is 0.0212. The highest BCUT2D eigenvalue weighted by molar-refractivity contribution is 7.12. The summed E-state index contributed by atoms with van der Waals surface area (Å²) in [6.45, 7) is 6.42. The Labute approximate surface area is 153 Å². The summed E-state index contributed by atoms with van der Waals surface area (Å²) in [5.41, 5.74) is 1.22. The maximum atomic E-state index is 12.3. The van der Waals surface area contributed by atoms with Gasteiger partial charge in [-0.25, -0.2) is 0 Å². The summed E-state index contributed by atoms with van der Waals surface area (Å²) in [7, 11) is 1.65.